The zero-order valence-electron chi connectivity index (χ0n) is 36.7. The van der Waals surface area contributed by atoms with Crippen LogP contribution in [0.2, 0.25) is 33.2 Å². The fraction of sp³-hybridized carbons (Fsp3) is 0.480. The van der Waals surface area contributed by atoms with Gasteiger partial charge in [0.05, 0.1) is 11.2 Å². The molecule has 2 nitrogen and oxygen atoms in total. The second kappa shape index (κ2) is 14.9. The summed E-state index contributed by atoms with van der Waals surface area (Å²) in [6.07, 6.45) is 0. The molecule has 5 heteroatoms. The van der Waals surface area contributed by atoms with Crippen LogP contribution in [0, 0.1) is 22.9 Å². The van der Waals surface area contributed by atoms with Crippen molar-refractivity contribution in [1.82, 2.24) is 0 Å². The van der Waals surface area contributed by atoms with Gasteiger partial charge in [-0.3, -0.25) is 0 Å². The molecule has 0 bridgehead atoms. The summed E-state index contributed by atoms with van der Waals surface area (Å²) in [5.74, 6) is 8.02. The van der Waals surface area contributed by atoms with Gasteiger partial charge in [0.1, 0.15) is 16.1 Å². The summed E-state index contributed by atoms with van der Waals surface area (Å²) in [5.41, 5.74) is 14.0. The fourth-order valence-corrected chi connectivity index (χ4v) is 20.7. The van der Waals surface area contributed by atoms with E-state index in [-0.39, 0.29) is 0 Å². The minimum atomic E-state index is -2.05. The van der Waals surface area contributed by atoms with Crippen molar-refractivity contribution in [2.45, 2.75) is 155 Å². The number of benzene rings is 5. The summed E-state index contributed by atoms with van der Waals surface area (Å²) >= 11 is 0. The predicted octanol–water partition coefficient (Wildman–Crippen LogP) is 13.7. The van der Waals surface area contributed by atoms with E-state index in [2.05, 4.69) is 200 Å². The van der Waals surface area contributed by atoms with Crippen LogP contribution >= 0.6 is 0 Å². The number of hydrogen-bond donors (Lipinski definition) is 0. The molecule has 0 saturated carbocycles. The second-order valence-electron chi connectivity index (χ2n) is 19.4. The molecule has 1 heterocycles. The van der Waals surface area contributed by atoms with Crippen molar-refractivity contribution in [3.05, 3.63) is 77.9 Å². The van der Waals surface area contributed by atoms with Crippen LogP contribution in [-0.4, -0.2) is 34.5 Å². The molecule has 6 rings (SSSR count). The lowest BCUT2D eigenvalue weighted by Crippen LogP contribution is -2.43. The summed E-state index contributed by atoms with van der Waals surface area (Å²) in [6.45, 7) is 37.3. The van der Waals surface area contributed by atoms with Crippen molar-refractivity contribution in [3.8, 4) is 22.9 Å². The summed E-state index contributed by atoms with van der Waals surface area (Å²) in [7, 11) is -4.52. The molecule has 0 amide bonds. The Morgan fingerprint density at radius 2 is 0.782 bits per heavy atom. The minimum absolute atomic E-state index is 0.409. The van der Waals surface area contributed by atoms with Crippen LogP contribution in [0.3, 0.4) is 0 Å². The zero-order chi connectivity index (χ0) is 40.4. The number of rotatable bonds is 7. The van der Waals surface area contributed by atoms with Gasteiger partial charge in [-0.05, 0) is 134 Å². The standard InChI is InChI=1S/C50H65BO2Si2/c1-32(2)54(33(3)4,34(5)6)25-23-43-45-28-38-19-17-18-20-39(38)29-46(45)44(24-26-55(35(7)8,36(9)10)37(11)12)48-31-41-27-42(22-21-40(41)30-47(43)48)51-52-49(13,14)50(15,16)53-51/h17-22,27-37H,1-16H3. The van der Waals surface area contributed by atoms with E-state index in [9.17, 15) is 0 Å². The average molecular weight is 765 g/mol. The van der Waals surface area contributed by atoms with Gasteiger partial charge in [-0.2, -0.15) is 0 Å². The first-order valence-corrected chi connectivity index (χ1v) is 25.4. The molecule has 0 aliphatic carbocycles. The van der Waals surface area contributed by atoms with E-state index in [4.69, 9.17) is 9.31 Å². The highest BCUT2D eigenvalue weighted by Gasteiger charge is 2.51. The first-order valence-electron chi connectivity index (χ1n) is 21.0. The molecular weight excluding hydrogens is 700 g/mol. The average Bonchev–Trinajstić information content (AvgIpc) is 3.32. The normalized spacial score (nSPS) is 16.1. The molecule has 288 valence electrons. The van der Waals surface area contributed by atoms with Crippen LogP contribution in [0.15, 0.2) is 66.7 Å². The van der Waals surface area contributed by atoms with Gasteiger partial charge in [-0.25, -0.2) is 0 Å². The summed E-state index contributed by atoms with van der Waals surface area (Å²) in [4.78, 5) is 0. The maximum atomic E-state index is 6.54. The van der Waals surface area contributed by atoms with Crippen LogP contribution in [-0.2, 0) is 9.31 Å². The molecule has 0 atom stereocenters. The largest absolute Gasteiger partial charge is 0.494 e. The highest BCUT2D eigenvalue weighted by molar-refractivity contribution is 6.91. The minimum Gasteiger partial charge on any atom is -0.399 e. The third-order valence-corrected chi connectivity index (χ3v) is 26.6. The SMILES string of the molecule is CC(C)[Si](C#Cc1c2cc3ccccc3cc2c(C#C[Si](C(C)C)(C(C)C)C(C)C)c2cc3cc(B4OC(C)(C)C(C)(C)O4)ccc3cc12)(C(C)C)C(C)C. The Kier molecular flexibility index (Phi) is 11.2. The van der Waals surface area contributed by atoms with Crippen LogP contribution in [0.25, 0.3) is 43.1 Å². The first kappa shape index (κ1) is 41.3. The van der Waals surface area contributed by atoms with Crippen LogP contribution in [0.5, 0.6) is 0 Å². The molecule has 0 N–H and O–H groups in total. The maximum Gasteiger partial charge on any atom is 0.494 e. The van der Waals surface area contributed by atoms with Crippen molar-refractivity contribution < 1.29 is 9.31 Å². The second-order valence-corrected chi connectivity index (χ2v) is 30.5. The Labute approximate surface area is 335 Å². The Balaban J connectivity index is 1.78. The highest BCUT2D eigenvalue weighted by Crippen LogP contribution is 2.44. The van der Waals surface area contributed by atoms with Crippen molar-refractivity contribution in [1.29, 1.82) is 0 Å². The van der Waals surface area contributed by atoms with Crippen molar-refractivity contribution in [2.75, 3.05) is 0 Å². The third-order valence-electron chi connectivity index (χ3n) is 14.0. The molecule has 0 radical (unpaired) electrons. The quantitative estimate of drug-likeness (QED) is 0.0933. The summed E-state index contributed by atoms with van der Waals surface area (Å²) < 4.78 is 13.1. The molecule has 0 unspecified atom stereocenters. The van der Waals surface area contributed by atoms with Gasteiger partial charge >= 0.3 is 7.12 Å². The van der Waals surface area contributed by atoms with Gasteiger partial charge in [-0.1, -0.05) is 137 Å². The van der Waals surface area contributed by atoms with Crippen molar-refractivity contribution in [3.63, 3.8) is 0 Å². The molecule has 1 saturated heterocycles. The van der Waals surface area contributed by atoms with Gasteiger partial charge in [-0.15, -0.1) is 11.1 Å². The predicted molar refractivity (Wildman–Crippen MR) is 248 cm³/mol. The molecule has 0 spiro atoms. The van der Waals surface area contributed by atoms with Crippen LogP contribution in [0.4, 0.5) is 0 Å². The van der Waals surface area contributed by atoms with Gasteiger partial charge in [0.15, 0.2) is 0 Å². The monoisotopic (exact) mass is 764 g/mol. The molecule has 5 aromatic rings. The smallest absolute Gasteiger partial charge is 0.399 e. The molecule has 1 aliphatic heterocycles. The van der Waals surface area contributed by atoms with Crippen LogP contribution < -0.4 is 5.46 Å². The highest BCUT2D eigenvalue weighted by atomic mass is 28.3. The molecule has 1 aliphatic rings. The Hall–Kier alpha value is -3.32. The van der Waals surface area contributed by atoms with Gasteiger partial charge in [0.2, 0.25) is 0 Å². The Morgan fingerprint density at radius 3 is 1.13 bits per heavy atom. The van der Waals surface area contributed by atoms with Crippen LogP contribution in [0.1, 0.15) is 122 Å². The van der Waals surface area contributed by atoms with E-state index in [1.807, 2.05) is 0 Å². The van der Waals surface area contributed by atoms with E-state index in [1.54, 1.807) is 0 Å². The lowest BCUT2D eigenvalue weighted by molar-refractivity contribution is 0.00578. The fourth-order valence-electron chi connectivity index (χ4n) is 10.3. The topological polar surface area (TPSA) is 18.5 Å². The lowest BCUT2D eigenvalue weighted by Gasteiger charge is -2.38. The Morgan fingerprint density at radius 1 is 0.455 bits per heavy atom. The molecule has 5 aromatic carbocycles. The van der Waals surface area contributed by atoms with E-state index in [1.165, 1.54) is 37.7 Å². The van der Waals surface area contributed by atoms with Gasteiger partial charge in [0, 0.05) is 11.1 Å². The zero-order valence-corrected chi connectivity index (χ0v) is 38.7. The Bertz CT molecular complexity index is 2330. The molecule has 55 heavy (non-hydrogen) atoms. The first-order chi connectivity index (χ1) is 25.7. The summed E-state index contributed by atoms with van der Waals surface area (Å²) in [6, 6.07) is 25.0. The van der Waals surface area contributed by atoms with E-state index in [0.29, 0.717) is 33.2 Å². The number of hydrogen-bond acceptors (Lipinski definition) is 2. The van der Waals surface area contributed by atoms with Crippen molar-refractivity contribution in [2.24, 2.45) is 0 Å². The van der Waals surface area contributed by atoms with Gasteiger partial charge < -0.3 is 9.31 Å². The van der Waals surface area contributed by atoms with E-state index < -0.39 is 34.5 Å². The van der Waals surface area contributed by atoms with Gasteiger partial charge in [0.25, 0.3) is 0 Å². The van der Waals surface area contributed by atoms with E-state index in [0.717, 1.165) is 22.0 Å². The van der Waals surface area contributed by atoms with Crippen molar-refractivity contribution >= 4 is 71.8 Å². The lowest BCUT2D eigenvalue weighted by atomic mass is 9.78. The molecule has 0 aromatic heterocycles. The third kappa shape index (κ3) is 6.93. The maximum absolute atomic E-state index is 6.54. The molecular formula is C50H65BO2Si2. The number of fused-ring (bicyclic) bond motifs is 4. The van der Waals surface area contributed by atoms with E-state index >= 15 is 0 Å². The summed E-state index contributed by atoms with van der Waals surface area (Å²) in [5, 5.41) is 9.61. The molecule has 1 fully saturated rings.